The van der Waals surface area contributed by atoms with Gasteiger partial charge in [-0.1, -0.05) is 18.2 Å². The van der Waals surface area contributed by atoms with Crippen LogP contribution in [-0.4, -0.2) is 27.0 Å². The fourth-order valence-corrected chi connectivity index (χ4v) is 3.68. The Morgan fingerprint density at radius 1 is 1.04 bits per heavy atom. The van der Waals surface area contributed by atoms with E-state index in [-0.39, 0.29) is 23.5 Å². The molecule has 0 bridgehead atoms. The van der Waals surface area contributed by atoms with Gasteiger partial charge in [-0.2, -0.15) is 0 Å². The lowest BCUT2D eigenvalue weighted by Crippen LogP contribution is -2.30. The topological polar surface area (TPSA) is 84.5 Å². The molecule has 2 aromatic rings. The van der Waals surface area contributed by atoms with E-state index in [0.29, 0.717) is 5.75 Å². The van der Waals surface area contributed by atoms with Gasteiger partial charge >= 0.3 is 0 Å². The smallest absolute Gasteiger partial charge is 0.262 e. The Morgan fingerprint density at radius 3 is 2.15 bits per heavy atom. The first-order valence-corrected chi connectivity index (χ1v) is 9.78. The average Bonchev–Trinajstić information content (AvgIpc) is 2.56. The average molecular weight is 376 g/mol. The third-order valence-corrected chi connectivity index (χ3v) is 5.31. The third kappa shape index (κ3) is 5.31. The molecule has 0 atom stereocenters. The number of rotatable bonds is 7. The van der Waals surface area contributed by atoms with Gasteiger partial charge in [0.15, 0.2) is 6.61 Å². The van der Waals surface area contributed by atoms with Crippen LogP contribution in [0.4, 0.5) is 5.69 Å². The number of hydrogen-bond acceptors (Lipinski definition) is 4. The molecule has 0 aliphatic heterocycles. The zero-order valence-corrected chi connectivity index (χ0v) is 16.2. The highest BCUT2D eigenvalue weighted by molar-refractivity contribution is 7.89. The fourth-order valence-electron chi connectivity index (χ4n) is 2.43. The van der Waals surface area contributed by atoms with Crippen molar-refractivity contribution in [1.29, 1.82) is 0 Å². The summed E-state index contributed by atoms with van der Waals surface area (Å²) in [4.78, 5) is 12.2. The predicted molar refractivity (Wildman–Crippen MR) is 102 cm³/mol. The van der Waals surface area contributed by atoms with Crippen molar-refractivity contribution in [3.05, 3.63) is 53.6 Å². The van der Waals surface area contributed by atoms with Crippen LogP contribution in [0.15, 0.2) is 47.4 Å². The number of sulfonamides is 1. The van der Waals surface area contributed by atoms with Gasteiger partial charge in [-0.05, 0) is 63.1 Å². The molecule has 26 heavy (non-hydrogen) atoms. The number of aryl methyl sites for hydroxylation is 2. The van der Waals surface area contributed by atoms with Crippen molar-refractivity contribution < 1.29 is 17.9 Å². The summed E-state index contributed by atoms with van der Waals surface area (Å²) in [6.45, 7) is 7.19. The van der Waals surface area contributed by atoms with Gasteiger partial charge in [0.2, 0.25) is 10.0 Å². The van der Waals surface area contributed by atoms with Crippen molar-refractivity contribution in [1.82, 2.24) is 4.72 Å². The number of para-hydroxylation sites is 1. The van der Waals surface area contributed by atoms with E-state index in [4.69, 9.17) is 4.74 Å². The summed E-state index contributed by atoms with van der Waals surface area (Å²) in [5.74, 6) is 0.144. The Balaban J connectivity index is 1.97. The van der Waals surface area contributed by atoms with Crippen LogP contribution in [0.2, 0.25) is 0 Å². The minimum absolute atomic E-state index is 0.151. The van der Waals surface area contributed by atoms with E-state index < -0.39 is 10.0 Å². The SMILES string of the molecule is Cc1cccc(C)c1NC(=O)COc1ccc(S(=O)(=O)NC(C)C)cc1. The molecule has 6 nitrogen and oxygen atoms in total. The maximum Gasteiger partial charge on any atom is 0.262 e. The van der Waals surface area contributed by atoms with E-state index in [1.807, 2.05) is 32.0 Å². The molecule has 7 heteroatoms. The van der Waals surface area contributed by atoms with Crippen molar-refractivity contribution >= 4 is 21.6 Å². The minimum Gasteiger partial charge on any atom is -0.484 e. The van der Waals surface area contributed by atoms with Crippen LogP contribution in [0.3, 0.4) is 0 Å². The summed E-state index contributed by atoms with van der Waals surface area (Å²) in [5.41, 5.74) is 2.73. The molecule has 1 amide bonds. The van der Waals surface area contributed by atoms with E-state index in [2.05, 4.69) is 10.0 Å². The molecule has 0 saturated carbocycles. The number of amides is 1. The van der Waals surface area contributed by atoms with E-state index >= 15 is 0 Å². The summed E-state index contributed by atoms with van der Waals surface area (Å²) < 4.78 is 32.1. The minimum atomic E-state index is -3.54. The Labute approximate surface area is 154 Å². The van der Waals surface area contributed by atoms with E-state index in [1.165, 1.54) is 24.3 Å². The van der Waals surface area contributed by atoms with Crippen LogP contribution in [-0.2, 0) is 14.8 Å². The third-order valence-electron chi connectivity index (χ3n) is 3.64. The molecule has 2 rings (SSSR count). The molecule has 2 aromatic carbocycles. The van der Waals surface area contributed by atoms with Gasteiger partial charge in [0.05, 0.1) is 4.90 Å². The van der Waals surface area contributed by atoms with Crippen LogP contribution in [0.5, 0.6) is 5.75 Å². The Hall–Kier alpha value is -2.38. The molecule has 0 spiro atoms. The molecule has 0 aliphatic carbocycles. The molecule has 0 unspecified atom stereocenters. The molecule has 0 aliphatic rings. The van der Waals surface area contributed by atoms with E-state index in [0.717, 1.165) is 16.8 Å². The van der Waals surface area contributed by atoms with Crippen LogP contribution >= 0.6 is 0 Å². The van der Waals surface area contributed by atoms with Gasteiger partial charge in [-0.3, -0.25) is 4.79 Å². The van der Waals surface area contributed by atoms with Crippen molar-refractivity contribution in [3.8, 4) is 5.75 Å². The maximum absolute atomic E-state index is 12.1. The van der Waals surface area contributed by atoms with Crippen molar-refractivity contribution in [2.75, 3.05) is 11.9 Å². The second-order valence-corrected chi connectivity index (χ2v) is 8.07. The summed E-state index contributed by atoms with van der Waals surface area (Å²) in [6, 6.07) is 11.5. The number of nitrogens with one attached hydrogen (secondary N) is 2. The Morgan fingerprint density at radius 2 is 1.62 bits per heavy atom. The van der Waals surface area contributed by atoms with E-state index in [1.54, 1.807) is 13.8 Å². The predicted octanol–water partition coefficient (Wildman–Crippen LogP) is 3.01. The highest BCUT2D eigenvalue weighted by Gasteiger charge is 2.15. The first kappa shape index (κ1) is 19.9. The number of hydrogen-bond donors (Lipinski definition) is 2. The van der Waals surface area contributed by atoms with Gasteiger partial charge in [0, 0.05) is 11.7 Å². The largest absolute Gasteiger partial charge is 0.484 e. The number of benzene rings is 2. The highest BCUT2D eigenvalue weighted by Crippen LogP contribution is 2.20. The molecule has 0 heterocycles. The molecular weight excluding hydrogens is 352 g/mol. The highest BCUT2D eigenvalue weighted by atomic mass is 32.2. The Bertz CT molecular complexity index is 855. The van der Waals surface area contributed by atoms with Crippen LogP contribution in [0.25, 0.3) is 0 Å². The molecule has 0 fully saturated rings. The fraction of sp³-hybridized carbons (Fsp3) is 0.316. The summed E-state index contributed by atoms with van der Waals surface area (Å²) in [6.07, 6.45) is 0. The second kappa shape index (κ2) is 8.33. The summed E-state index contributed by atoms with van der Waals surface area (Å²) >= 11 is 0. The molecule has 140 valence electrons. The standard InChI is InChI=1S/C19H24N2O4S/c1-13(2)21-26(23,24)17-10-8-16(9-11-17)25-12-18(22)20-19-14(3)6-5-7-15(19)4/h5-11,13,21H,12H2,1-4H3,(H,20,22). The van der Waals surface area contributed by atoms with Crippen molar-refractivity contribution in [3.63, 3.8) is 0 Å². The van der Waals surface area contributed by atoms with Gasteiger partial charge in [-0.25, -0.2) is 13.1 Å². The number of anilines is 1. The molecule has 0 saturated heterocycles. The molecule has 0 radical (unpaired) electrons. The van der Waals surface area contributed by atoms with Gasteiger partial charge in [0.25, 0.3) is 5.91 Å². The lowest BCUT2D eigenvalue weighted by molar-refractivity contribution is -0.118. The lowest BCUT2D eigenvalue weighted by atomic mass is 10.1. The monoisotopic (exact) mass is 376 g/mol. The molecule has 2 N–H and O–H groups in total. The second-order valence-electron chi connectivity index (χ2n) is 6.35. The normalized spacial score (nSPS) is 11.4. The zero-order chi connectivity index (χ0) is 19.3. The molecular formula is C19H24N2O4S. The van der Waals surface area contributed by atoms with Crippen LogP contribution < -0.4 is 14.8 Å². The van der Waals surface area contributed by atoms with Crippen molar-refractivity contribution in [2.24, 2.45) is 0 Å². The van der Waals surface area contributed by atoms with Gasteiger partial charge in [0.1, 0.15) is 5.75 Å². The van der Waals surface area contributed by atoms with Crippen LogP contribution in [0, 0.1) is 13.8 Å². The Kier molecular flexibility index (Phi) is 6.39. The molecule has 0 aromatic heterocycles. The first-order valence-electron chi connectivity index (χ1n) is 8.30. The van der Waals surface area contributed by atoms with Crippen LogP contribution in [0.1, 0.15) is 25.0 Å². The quantitative estimate of drug-likeness (QED) is 0.778. The lowest BCUT2D eigenvalue weighted by Gasteiger charge is -2.12. The summed E-state index contributed by atoms with van der Waals surface area (Å²) in [7, 11) is -3.54. The van der Waals surface area contributed by atoms with Gasteiger partial charge < -0.3 is 10.1 Å². The van der Waals surface area contributed by atoms with E-state index in [9.17, 15) is 13.2 Å². The maximum atomic E-state index is 12.1. The zero-order valence-electron chi connectivity index (χ0n) is 15.4. The first-order chi connectivity index (χ1) is 12.2. The number of carbonyl (C=O) groups is 1. The number of ether oxygens (including phenoxy) is 1. The number of carbonyl (C=O) groups excluding carboxylic acids is 1. The van der Waals surface area contributed by atoms with Gasteiger partial charge in [-0.15, -0.1) is 0 Å². The van der Waals surface area contributed by atoms with Crippen molar-refractivity contribution in [2.45, 2.75) is 38.6 Å². The summed E-state index contributed by atoms with van der Waals surface area (Å²) in [5, 5.41) is 2.84.